The molecular formula is C9H12ClNO2. The van der Waals surface area contributed by atoms with Crippen molar-refractivity contribution < 1.29 is 9.53 Å². The Morgan fingerprint density at radius 3 is 2.46 bits per heavy atom. The largest absolute Gasteiger partial charge is 0.496 e. The van der Waals surface area contributed by atoms with Crippen LogP contribution < -0.4 is 10.5 Å². The fourth-order valence-electron chi connectivity index (χ4n) is 1.03. The Kier molecular flexibility index (Phi) is 4.28. The molecule has 0 aromatic heterocycles. The Balaban J connectivity index is 0.00000144. The van der Waals surface area contributed by atoms with Crippen molar-refractivity contribution in [1.29, 1.82) is 0 Å². The van der Waals surface area contributed by atoms with Gasteiger partial charge in [-0.2, -0.15) is 0 Å². The van der Waals surface area contributed by atoms with Crippen molar-refractivity contribution in [2.24, 2.45) is 5.73 Å². The van der Waals surface area contributed by atoms with Crippen molar-refractivity contribution in [3.8, 4) is 5.75 Å². The van der Waals surface area contributed by atoms with Gasteiger partial charge in [0.1, 0.15) is 5.75 Å². The Bertz CT molecular complexity index is 312. The van der Waals surface area contributed by atoms with Crippen LogP contribution in [0.25, 0.3) is 0 Å². The third-order valence-electron chi connectivity index (χ3n) is 1.68. The van der Waals surface area contributed by atoms with E-state index >= 15 is 0 Å². The fourth-order valence-corrected chi connectivity index (χ4v) is 1.03. The first-order chi connectivity index (χ1) is 5.65. The van der Waals surface area contributed by atoms with E-state index in [2.05, 4.69) is 0 Å². The van der Waals surface area contributed by atoms with Gasteiger partial charge in [-0.05, 0) is 30.7 Å². The van der Waals surface area contributed by atoms with Crippen LogP contribution >= 0.6 is 12.4 Å². The molecule has 0 heterocycles. The second-order valence-electron chi connectivity index (χ2n) is 2.55. The summed E-state index contributed by atoms with van der Waals surface area (Å²) in [4.78, 5) is 10.7. The molecule has 2 N–H and O–H groups in total. The standard InChI is InChI=1S/C9H11NO2.ClH/c1-6-5-7(9(10)11)3-4-8(6)12-2;/h3-5H,1-2H3,(H2,10,11);1H. The first-order valence-electron chi connectivity index (χ1n) is 3.59. The van der Waals surface area contributed by atoms with E-state index in [9.17, 15) is 4.79 Å². The minimum absolute atomic E-state index is 0. The zero-order chi connectivity index (χ0) is 9.14. The van der Waals surface area contributed by atoms with Crippen LogP contribution in [0.2, 0.25) is 0 Å². The number of halogens is 1. The molecule has 0 saturated heterocycles. The normalized spacial score (nSPS) is 8.77. The van der Waals surface area contributed by atoms with Gasteiger partial charge in [0, 0.05) is 5.56 Å². The van der Waals surface area contributed by atoms with Crippen LogP contribution in [-0.4, -0.2) is 13.0 Å². The maximum absolute atomic E-state index is 10.7. The number of carbonyl (C=O) groups is 1. The minimum Gasteiger partial charge on any atom is -0.496 e. The zero-order valence-electron chi connectivity index (χ0n) is 7.53. The van der Waals surface area contributed by atoms with E-state index in [1.54, 1.807) is 25.3 Å². The summed E-state index contributed by atoms with van der Waals surface area (Å²) in [7, 11) is 1.59. The molecule has 1 rings (SSSR count). The maximum atomic E-state index is 10.7. The summed E-state index contributed by atoms with van der Waals surface area (Å²) in [5.41, 5.74) is 6.51. The molecule has 0 radical (unpaired) electrons. The SMILES string of the molecule is COc1ccc(C(N)=O)cc1C.Cl. The van der Waals surface area contributed by atoms with Gasteiger partial charge in [0.2, 0.25) is 5.91 Å². The molecule has 0 aliphatic heterocycles. The Hall–Kier alpha value is -1.22. The molecule has 72 valence electrons. The van der Waals surface area contributed by atoms with Crippen molar-refractivity contribution >= 4 is 18.3 Å². The van der Waals surface area contributed by atoms with E-state index in [0.29, 0.717) is 5.56 Å². The third kappa shape index (κ3) is 2.63. The number of benzene rings is 1. The highest BCUT2D eigenvalue weighted by atomic mass is 35.5. The van der Waals surface area contributed by atoms with Crippen LogP contribution in [0.1, 0.15) is 15.9 Å². The number of primary amides is 1. The first-order valence-corrected chi connectivity index (χ1v) is 3.59. The number of hydrogen-bond acceptors (Lipinski definition) is 2. The second kappa shape index (κ2) is 4.72. The van der Waals surface area contributed by atoms with E-state index < -0.39 is 5.91 Å². The summed E-state index contributed by atoms with van der Waals surface area (Å²) >= 11 is 0. The van der Waals surface area contributed by atoms with Gasteiger partial charge in [-0.3, -0.25) is 4.79 Å². The van der Waals surface area contributed by atoms with E-state index in [-0.39, 0.29) is 12.4 Å². The summed E-state index contributed by atoms with van der Waals surface area (Å²) in [6.07, 6.45) is 0. The lowest BCUT2D eigenvalue weighted by molar-refractivity contribution is 0.1000. The van der Waals surface area contributed by atoms with Crippen LogP contribution in [0.3, 0.4) is 0 Å². The Morgan fingerprint density at radius 2 is 2.08 bits per heavy atom. The molecule has 0 saturated carbocycles. The van der Waals surface area contributed by atoms with E-state index in [1.807, 2.05) is 6.92 Å². The van der Waals surface area contributed by atoms with Gasteiger partial charge in [-0.1, -0.05) is 0 Å². The maximum Gasteiger partial charge on any atom is 0.248 e. The topological polar surface area (TPSA) is 52.3 Å². The van der Waals surface area contributed by atoms with Gasteiger partial charge in [0.15, 0.2) is 0 Å². The lowest BCUT2D eigenvalue weighted by atomic mass is 10.1. The molecule has 1 aromatic rings. The number of methoxy groups -OCH3 is 1. The van der Waals surface area contributed by atoms with Gasteiger partial charge < -0.3 is 10.5 Å². The first kappa shape index (κ1) is 11.8. The predicted molar refractivity (Wildman–Crippen MR) is 53.5 cm³/mol. The highest BCUT2D eigenvalue weighted by Crippen LogP contribution is 2.17. The number of ether oxygens (including phenoxy) is 1. The van der Waals surface area contributed by atoms with Crippen molar-refractivity contribution in [2.45, 2.75) is 6.92 Å². The third-order valence-corrected chi connectivity index (χ3v) is 1.68. The lowest BCUT2D eigenvalue weighted by Gasteiger charge is -2.04. The molecule has 0 aliphatic rings. The zero-order valence-corrected chi connectivity index (χ0v) is 8.35. The van der Waals surface area contributed by atoms with Crippen molar-refractivity contribution in [3.05, 3.63) is 29.3 Å². The smallest absolute Gasteiger partial charge is 0.248 e. The van der Waals surface area contributed by atoms with Crippen molar-refractivity contribution in [2.75, 3.05) is 7.11 Å². The van der Waals surface area contributed by atoms with Gasteiger partial charge in [0.05, 0.1) is 7.11 Å². The summed E-state index contributed by atoms with van der Waals surface area (Å²) in [6.45, 7) is 1.87. The molecular weight excluding hydrogens is 190 g/mol. The number of hydrogen-bond donors (Lipinski definition) is 1. The molecule has 1 aromatic carbocycles. The Morgan fingerprint density at radius 1 is 1.46 bits per heavy atom. The van der Waals surface area contributed by atoms with Crippen molar-refractivity contribution in [3.63, 3.8) is 0 Å². The van der Waals surface area contributed by atoms with Gasteiger partial charge in [0.25, 0.3) is 0 Å². The average molecular weight is 202 g/mol. The van der Waals surface area contributed by atoms with E-state index in [4.69, 9.17) is 10.5 Å². The van der Waals surface area contributed by atoms with E-state index in [1.165, 1.54) is 0 Å². The molecule has 3 nitrogen and oxygen atoms in total. The van der Waals surface area contributed by atoms with Gasteiger partial charge >= 0.3 is 0 Å². The summed E-state index contributed by atoms with van der Waals surface area (Å²) in [6, 6.07) is 5.09. The second-order valence-corrected chi connectivity index (χ2v) is 2.55. The molecule has 0 bridgehead atoms. The van der Waals surface area contributed by atoms with Crippen LogP contribution in [0.4, 0.5) is 0 Å². The van der Waals surface area contributed by atoms with Crippen LogP contribution in [0.5, 0.6) is 5.75 Å². The molecule has 0 fully saturated rings. The quantitative estimate of drug-likeness (QED) is 0.789. The Labute approximate surface area is 83.3 Å². The van der Waals surface area contributed by atoms with Crippen LogP contribution in [0, 0.1) is 6.92 Å². The minimum atomic E-state index is -0.416. The van der Waals surface area contributed by atoms with Crippen molar-refractivity contribution in [1.82, 2.24) is 0 Å². The fraction of sp³-hybridized carbons (Fsp3) is 0.222. The number of amides is 1. The van der Waals surface area contributed by atoms with Gasteiger partial charge in [-0.15, -0.1) is 12.4 Å². The molecule has 1 amide bonds. The number of aryl methyl sites for hydroxylation is 1. The number of rotatable bonds is 2. The highest BCUT2D eigenvalue weighted by Gasteiger charge is 2.02. The molecule has 0 spiro atoms. The van der Waals surface area contributed by atoms with Crippen LogP contribution in [0.15, 0.2) is 18.2 Å². The number of carbonyl (C=O) groups excluding carboxylic acids is 1. The molecule has 13 heavy (non-hydrogen) atoms. The molecule has 0 unspecified atom stereocenters. The molecule has 4 heteroatoms. The highest BCUT2D eigenvalue weighted by molar-refractivity contribution is 5.93. The summed E-state index contributed by atoms with van der Waals surface area (Å²) in [5, 5.41) is 0. The lowest BCUT2D eigenvalue weighted by Crippen LogP contribution is -2.10. The molecule has 0 aliphatic carbocycles. The summed E-state index contributed by atoms with van der Waals surface area (Å²) in [5.74, 6) is 0.348. The number of nitrogens with two attached hydrogens (primary N) is 1. The van der Waals surface area contributed by atoms with E-state index in [0.717, 1.165) is 11.3 Å². The molecule has 0 atom stereocenters. The average Bonchev–Trinajstić information content (AvgIpc) is 2.04. The predicted octanol–water partition coefficient (Wildman–Crippen LogP) is 1.52. The van der Waals surface area contributed by atoms with Gasteiger partial charge in [-0.25, -0.2) is 0 Å². The monoisotopic (exact) mass is 201 g/mol. The van der Waals surface area contributed by atoms with Crippen LogP contribution in [-0.2, 0) is 0 Å². The summed E-state index contributed by atoms with van der Waals surface area (Å²) < 4.78 is 5.03.